The zero-order valence-electron chi connectivity index (χ0n) is 18.2. The van der Waals surface area contributed by atoms with Gasteiger partial charge < -0.3 is 10.2 Å². The monoisotopic (exact) mass is 587 g/mol. The van der Waals surface area contributed by atoms with E-state index in [1.807, 2.05) is 31.2 Å². The number of nitrogens with one attached hydrogen (secondary N) is 1. The lowest BCUT2D eigenvalue weighted by molar-refractivity contribution is -0.139. The molecule has 0 aliphatic carbocycles. The van der Waals surface area contributed by atoms with Crippen LogP contribution in [-0.2, 0) is 26.2 Å². The number of para-hydroxylation sites is 1. The van der Waals surface area contributed by atoms with Crippen LogP contribution >= 0.6 is 31.9 Å². The number of carbonyl (C=O) groups excluding carboxylic acids is 2. The molecule has 0 aromatic heterocycles. The average Bonchev–Trinajstić information content (AvgIpc) is 2.74. The van der Waals surface area contributed by atoms with E-state index < -0.39 is 28.5 Å². The highest BCUT2D eigenvalue weighted by atomic mass is 79.9. The van der Waals surface area contributed by atoms with Gasteiger partial charge >= 0.3 is 0 Å². The van der Waals surface area contributed by atoms with Gasteiger partial charge in [0.1, 0.15) is 12.6 Å². The third kappa shape index (κ3) is 7.31. The van der Waals surface area contributed by atoms with Crippen LogP contribution in [0.4, 0.5) is 5.69 Å². The highest BCUT2D eigenvalue weighted by molar-refractivity contribution is 9.10. The molecule has 10 heteroatoms. The molecule has 2 aromatic rings. The van der Waals surface area contributed by atoms with Crippen molar-refractivity contribution in [3.8, 4) is 0 Å². The largest absolute Gasteiger partial charge is 0.354 e. The zero-order chi connectivity index (χ0) is 23.9. The van der Waals surface area contributed by atoms with Crippen molar-refractivity contribution < 1.29 is 18.0 Å². The molecule has 32 heavy (non-hydrogen) atoms. The minimum Gasteiger partial charge on any atom is -0.354 e. The van der Waals surface area contributed by atoms with Gasteiger partial charge in [-0.2, -0.15) is 0 Å². The number of sulfonamides is 1. The summed E-state index contributed by atoms with van der Waals surface area (Å²) in [5.41, 5.74) is 1.18. The lowest BCUT2D eigenvalue weighted by Gasteiger charge is -2.31. The molecule has 1 N–H and O–H groups in total. The van der Waals surface area contributed by atoms with E-state index in [0.717, 1.165) is 27.0 Å². The van der Waals surface area contributed by atoms with Gasteiger partial charge in [0.05, 0.1) is 11.9 Å². The maximum atomic E-state index is 13.4. The van der Waals surface area contributed by atoms with Crippen LogP contribution in [0, 0.1) is 0 Å². The number of hydrogen-bond acceptors (Lipinski definition) is 4. The first-order valence-electron chi connectivity index (χ1n) is 10.1. The molecule has 2 rings (SSSR count). The predicted octanol–water partition coefficient (Wildman–Crippen LogP) is 3.92. The Hall–Kier alpha value is -1.91. The first kappa shape index (κ1) is 26.3. The summed E-state index contributed by atoms with van der Waals surface area (Å²) >= 11 is 6.74. The van der Waals surface area contributed by atoms with Crippen molar-refractivity contribution in [2.45, 2.75) is 32.9 Å². The topological polar surface area (TPSA) is 86.8 Å². The highest BCUT2D eigenvalue weighted by Gasteiger charge is 2.30. The number of carbonyl (C=O) groups is 2. The molecule has 7 nitrogen and oxygen atoms in total. The van der Waals surface area contributed by atoms with Crippen molar-refractivity contribution in [1.29, 1.82) is 0 Å². The summed E-state index contributed by atoms with van der Waals surface area (Å²) in [5, 5.41) is 2.81. The number of halogens is 2. The summed E-state index contributed by atoms with van der Waals surface area (Å²) in [6, 6.07) is 13.4. The Bertz CT molecular complexity index is 1050. The molecule has 0 aliphatic heterocycles. The maximum Gasteiger partial charge on any atom is 0.244 e. The summed E-state index contributed by atoms with van der Waals surface area (Å²) in [7, 11) is -3.76. The Morgan fingerprint density at radius 1 is 1.06 bits per heavy atom. The minimum atomic E-state index is -3.76. The molecule has 0 aliphatic rings. The predicted molar refractivity (Wildman–Crippen MR) is 134 cm³/mol. The van der Waals surface area contributed by atoms with E-state index in [2.05, 4.69) is 37.2 Å². The number of benzene rings is 2. The first-order valence-corrected chi connectivity index (χ1v) is 13.5. The van der Waals surface area contributed by atoms with Crippen LogP contribution in [0.5, 0.6) is 0 Å². The van der Waals surface area contributed by atoms with Crippen LogP contribution in [0.3, 0.4) is 0 Å². The van der Waals surface area contributed by atoms with E-state index in [4.69, 9.17) is 0 Å². The fraction of sp³-hybridized carbons (Fsp3) is 0.364. The quantitative estimate of drug-likeness (QED) is 0.456. The van der Waals surface area contributed by atoms with Gasteiger partial charge in [0.2, 0.25) is 21.8 Å². The molecule has 0 spiro atoms. The highest BCUT2D eigenvalue weighted by Crippen LogP contribution is 2.28. The summed E-state index contributed by atoms with van der Waals surface area (Å²) in [4.78, 5) is 27.4. The molecular formula is C22H27Br2N3O4S. The van der Waals surface area contributed by atoms with E-state index in [1.165, 1.54) is 4.90 Å². The Kier molecular flexibility index (Phi) is 9.72. The van der Waals surface area contributed by atoms with Crippen LogP contribution < -0.4 is 9.62 Å². The molecule has 1 atom stereocenters. The fourth-order valence-corrected chi connectivity index (χ4v) is 4.76. The van der Waals surface area contributed by atoms with Gasteiger partial charge in [-0.15, -0.1) is 0 Å². The van der Waals surface area contributed by atoms with Gasteiger partial charge in [-0.1, -0.05) is 47.1 Å². The van der Waals surface area contributed by atoms with Gasteiger partial charge in [0.15, 0.2) is 0 Å². The fourth-order valence-electron chi connectivity index (χ4n) is 3.01. The number of nitrogens with zero attached hydrogens (tertiary/aromatic N) is 2. The molecule has 174 valence electrons. The Morgan fingerprint density at radius 3 is 2.25 bits per heavy atom. The molecule has 0 heterocycles. The van der Waals surface area contributed by atoms with Gasteiger partial charge in [0, 0.05) is 22.0 Å². The lowest BCUT2D eigenvalue weighted by Crippen LogP contribution is -2.51. The second kappa shape index (κ2) is 11.8. The SMILES string of the molecule is CCCNC(=O)C(C)N(Cc1ccc(Br)cc1)C(=O)CN(c1ccccc1Br)S(C)(=O)=O. The summed E-state index contributed by atoms with van der Waals surface area (Å²) < 4.78 is 27.6. The molecule has 2 amide bonds. The second-order valence-corrected chi connectivity index (χ2v) is 11.0. The maximum absolute atomic E-state index is 13.4. The van der Waals surface area contributed by atoms with Gasteiger partial charge in [-0.25, -0.2) is 8.42 Å². The molecule has 0 fully saturated rings. The normalized spacial score (nSPS) is 12.2. The molecule has 0 saturated heterocycles. The van der Waals surface area contributed by atoms with Crippen molar-refractivity contribution in [3.63, 3.8) is 0 Å². The first-order chi connectivity index (χ1) is 15.0. The summed E-state index contributed by atoms with van der Waals surface area (Å²) in [5.74, 6) is -0.766. The van der Waals surface area contributed by atoms with Crippen molar-refractivity contribution >= 4 is 59.4 Å². The third-order valence-electron chi connectivity index (χ3n) is 4.78. The number of rotatable bonds is 10. The van der Waals surface area contributed by atoms with Crippen molar-refractivity contribution in [1.82, 2.24) is 10.2 Å². The standard InChI is InChI=1S/C22H27Br2N3O4S/c1-4-13-25-22(29)16(2)26(14-17-9-11-18(23)12-10-17)21(28)15-27(32(3,30)31)20-8-6-5-7-19(20)24/h5-12,16H,4,13-15H2,1-3H3,(H,25,29). The van der Waals surface area contributed by atoms with Crippen LogP contribution in [0.1, 0.15) is 25.8 Å². The van der Waals surface area contributed by atoms with E-state index in [0.29, 0.717) is 16.7 Å². The van der Waals surface area contributed by atoms with E-state index in [-0.39, 0.29) is 12.5 Å². The third-order valence-corrected chi connectivity index (χ3v) is 7.11. The van der Waals surface area contributed by atoms with E-state index in [9.17, 15) is 18.0 Å². The summed E-state index contributed by atoms with van der Waals surface area (Å²) in [6.07, 6.45) is 1.82. The zero-order valence-corrected chi connectivity index (χ0v) is 22.2. The smallest absolute Gasteiger partial charge is 0.244 e. The molecule has 0 radical (unpaired) electrons. The van der Waals surface area contributed by atoms with E-state index >= 15 is 0 Å². The van der Waals surface area contributed by atoms with Crippen LogP contribution in [0.2, 0.25) is 0 Å². The Labute approximate surface area is 206 Å². The van der Waals surface area contributed by atoms with E-state index in [1.54, 1.807) is 31.2 Å². The van der Waals surface area contributed by atoms with Crippen molar-refractivity contribution in [3.05, 3.63) is 63.0 Å². The molecule has 2 aromatic carbocycles. The number of anilines is 1. The van der Waals surface area contributed by atoms with Crippen LogP contribution in [-0.4, -0.2) is 50.5 Å². The molecule has 0 saturated carbocycles. The van der Waals surface area contributed by atoms with Crippen LogP contribution in [0.25, 0.3) is 0 Å². The second-order valence-electron chi connectivity index (χ2n) is 7.34. The summed E-state index contributed by atoms with van der Waals surface area (Å²) in [6.45, 7) is 3.82. The molecular weight excluding hydrogens is 562 g/mol. The minimum absolute atomic E-state index is 0.167. The lowest BCUT2D eigenvalue weighted by atomic mass is 10.1. The Balaban J connectivity index is 2.37. The number of hydrogen-bond donors (Lipinski definition) is 1. The van der Waals surface area contributed by atoms with Gasteiger partial charge in [-0.05, 0) is 59.1 Å². The van der Waals surface area contributed by atoms with Crippen LogP contribution in [0.15, 0.2) is 57.5 Å². The van der Waals surface area contributed by atoms with Crippen molar-refractivity contribution in [2.24, 2.45) is 0 Å². The van der Waals surface area contributed by atoms with Gasteiger partial charge in [-0.3, -0.25) is 13.9 Å². The molecule has 1 unspecified atom stereocenters. The van der Waals surface area contributed by atoms with Gasteiger partial charge in [0.25, 0.3) is 0 Å². The number of amides is 2. The average molecular weight is 589 g/mol. The molecule has 0 bridgehead atoms. The van der Waals surface area contributed by atoms with Crippen molar-refractivity contribution in [2.75, 3.05) is 23.7 Å². The Morgan fingerprint density at radius 2 is 1.69 bits per heavy atom.